The Balaban J connectivity index is 1.60. The highest BCUT2D eigenvalue weighted by Crippen LogP contribution is 2.45. The molecule has 2 N–H and O–H groups in total. The average Bonchev–Trinajstić information content (AvgIpc) is 3.12. The maximum absolute atomic E-state index is 12.5. The van der Waals surface area contributed by atoms with Crippen molar-refractivity contribution in [1.29, 1.82) is 0 Å². The summed E-state index contributed by atoms with van der Waals surface area (Å²) < 4.78 is 42.1. The van der Waals surface area contributed by atoms with Crippen LogP contribution in [0.15, 0.2) is 18.2 Å². The van der Waals surface area contributed by atoms with Gasteiger partial charge in [0.2, 0.25) is 5.91 Å². The van der Waals surface area contributed by atoms with Crippen molar-refractivity contribution >= 4 is 21.7 Å². The topological polar surface area (TPSA) is 105 Å². The molecule has 0 aliphatic carbocycles. The van der Waals surface area contributed by atoms with E-state index in [1.807, 2.05) is 19.9 Å². The number of anilines is 1. The molecule has 2 atom stereocenters. The zero-order valence-electron chi connectivity index (χ0n) is 19.7. The number of ether oxygens (including phenoxy) is 2. The lowest BCUT2D eigenvalue weighted by Gasteiger charge is -2.31. The summed E-state index contributed by atoms with van der Waals surface area (Å²) in [4.78, 5) is 14.8. The van der Waals surface area contributed by atoms with Crippen molar-refractivity contribution in [2.45, 2.75) is 77.2 Å². The molecule has 9 heteroatoms. The molecule has 0 saturated carbocycles. The van der Waals surface area contributed by atoms with Crippen LogP contribution in [-0.4, -0.2) is 62.3 Å². The Labute approximate surface area is 191 Å². The maximum Gasteiger partial charge on any atom is 0.264 e. The summed E-state index contributed by atoms with van der Waals surface area (Å²) >= 11 is 0. The molecule has 2 unspecified atom stereocenters. The van der Waals surface area contributed by atoms with Crippen LogP contribution in [0, 0.1) is 0 Å². The molecule has 1 amide bonds. The summed E-state index contributed by atoms with van der Waals surface area (Å²) in [6.07, 6.45) is 1.25. The molecular formula is C23H36N2O6S. The number of fused-ring (bicyclic) bond motifs is 1. The molecule has 0 spiro atoms. The van der Waals surface area contributed by atoms with E-state index in [4.69, 9.17) is 14.0 Å². The van der Waals surface area contributed by atoms with Crippen LogP contribution >= 0.6 is 0 Å². The largest absolute Gasteiger partial charge is 0.368 e. The van der Waals surface area contributed by atoms with Crippen molar-refractivity contribution in [1.82, 2.24) is 5.32 Å². The van der Waals surface area contributed by atoms with Gasteiger partial charge in [0.25, 0.3) is 10.1 Å². The molecule has 0 bridgehead atoms. The molecular weight excluding hydrogens is 432 g/mol. The summed E-state index contributed by atoms with van der Waals surface area (Å²) in [5, 5.41) is 2.94. The number of hydrogen-bond donors (Lipinski definition) is 2. The van der Waals surface area contributed by atoms with Crippen LogP contribution in [0.2, 0.25) is 0 Å². The first kappa shape index (κ1) is 25.0. The summed E-state index contributed by atoms with van der Waals surface area (Å²) in [6.45, 7) is 11.9. The number of rotatable bonds is 9. The van der Waals surface area contributed by atoms with Crippen LogP contribution in [0.25, 0.3) is 0 Å². The van der Waals surface area contributed by atoms with E-state index in [2.05, 4.69) is 43.1 Å². The van der Waals surface area contributed by atoms with E-state index in [1.54, 1.807) is 0 Å². The van der Waals surface area contributed by atoms with E-state index in [0.29, 0.717) is 39.0 Å². The van der Waals surface area contributed by atoms with Gasteiger partial charge in [0.1, 0.15) is 6.10 Å². The quantitative estimate of drug-likeness (QED) is 0.424. The fourth-order valence-electron chi connectivity index (χ4n) is 4.50. The van der Waals surface area contributed by atoms with Gasteiger partial charge in [-0.25, -0.2) is 0 Å². The van der Waals surface area contributed by atoms with Crippen LogP contribution in [0.5, 0.6) is 0 Å². The summed E-state index contributed by atoms with van der Waals surface area (Å²) in [5.74, 6) is -0.866. The van der Waals surface area contributed by atoms with Gasteiger partial charge in [-0.15, -0.1) is 0 Å². The number of benzene rings is 1. The third-order valence-electron chi connectivity index (χ3n) is 6.59. The lowest BCUT2D eigenvalue weighted by molar-refractivity contribution is -0.139. The Kier molecular flexibility index (Phi) is 7.24. The second-order valence-corrected chi connectivity index (χ2v) is 11.4. The molecule has 1 saturated heterocycles. The lowest BCUT2D eigenvalue weighted by atomic mass is 9.80. The molecule has 2 aliphatic heterocycles. The molecule has 0 aromatic heterocycles. The molecule has 3 rings (SSSR count). The van der Waals surface area contributed by atoms with E-state index in [0.717, 1.165) is 11.3 Å². The predicted octanol–water partition coefficient (Wildman–Crippen LogP) is 2.65. The van der Waals surface area contributed by atoms with Gasteiger partial charge < -0.3 is 19.7 Å². The monoisotopic (exact) mass is 468 g/mol. The third-order valence-corrected chi connectivity index (χ3v) is 7.39. The van der Waals surface area contributed by atoms with Crippen LogP contribution < -0.4 is 10.2 Å². The van der Waals surface area contributed by atoms with Crippen molar-refractivity contribution in [3.8, 4) is 0 Å². The zero-order chi connectivity index (χ0) is 23.7. The van der Waals surface area contributed by atoms with E-state index in [9.17, 15) is 13.2 Å². The smallest absolute Gasteiger partial charge is 0.264 e. The standard InChI is InChI=1S/C23H36N2O6S/c1-16-22(2,3)19-12-17(13-21(26)24-14-18-15-30-23(4,5)31-18)8-9-20(19)25(16)10-6-7-11-32(27,28)29/h8-9,12,16,18H,6-7,10-11,13-15H2,1-5H3,(H,24,26)(H,27,28,29). The average molecular weight is 469 g/mol. The fourth-order valence-corrected chi connectivity index (χ4v) is 5.07. The number of hydrogen-bond acceptors (Lipinski definition) is 6. The summed E-state index contributed by atoms with van der Waals surface area (Å²) in [6, 6.07) is 6.38. The summed E-state index contributed by atoms with van der Waals surface area (Å²) in [5.41, 5.74) is 3.17. The molecule has 180 valence electrons. The molecule has 32 heavy (non-hydrogen) atoms. The summed E-state index contributed by atoms with van der Waals surface area (Å²) in [7, 11) is -3.92. The second kappa shape index (κ2) is 9.29. The Bertz CT molecular complexity index is 944. The molecule has 2 heterocycles. The first-order valence-electron chi connectivity index (χ1n) is 11.2. The van der Waals surface area contributed by atoms with E-state index in [1.165, 1.54) is 5.56 Å². The second-order valence-electron chi connectivity index (χ2n) is 9.87. The lowest BCUT2D eigenvalue weighted by Crippen LogP contribution is -2.39. The molecule has 0 radical (unpaired) electrons. The molecule has 1 aromatic rings. The number of amides is 1. The first-order valence-corrected chi connectivity index (χ1v) is 12.8. The highest BCUT2D eigenvalue weighted by molar-refractivity contribution is 7.85. The van der Waals surface area contributed by atoms with Gasteiger partial charge in [0.05, 0.1) is 18.8 Å². The van der Waals surface area contributed by atoms with Gasteiger partial charge in [0.15, 0.2) is 5.79 Å². The van der Waals surface area contributed by atoms with E-state index < -0.39 is 15.9 Å². The molecule has 1 fully saturated rings. The first-order chi connectivity index (χ1) is 14.8. The highest BCUT2D eigenvalue weighted by atomic mass is 32.2. The van der Waals surface area contributed by atoms with Gasteiger partial charge >= 0.3 is 0 Å². The van der Waals surface area contributed by atoms with E-state index >= 15 is 0 Å². The number of nitrogens with zero attached hydrogens (tertiary/aromatic N) is 1. The van der Waals surface area contributed by atoms with Crippen molar-refractivity contribution in [3.63, 3.8) is 0 Å². The Morgan fingerprint density at radius 3 is 2.59 bits per heavy atom. The molecule has 2 aliphatic rings. The zero-order valence-corrected chi connectivity index (χ0v) is 20.5. The van der Waals surface area contributed by atoms with Gasteiger partial charge in [-0.05, 0) is 50.8 Å². The van der Waals surface area contributed by atoms with Crippen LogP contribution in [0.3, 0.4) is 0 Å². The highest BCUT2D eigenvalue weighted by Gasteiger charge is 2.41. The number of unbranched alkanes of at least 4 members (excludes halogenated alkanes) is 1. The van der Waals surface area contributed by atoms with E-state index in [-0.39, 0.29) is 29.2 Å². The maximum atomic E-state index is 12.5. The predicted molar refractivity (Wildman–Crippen MR) is 124 cm³/mol. The van der Waals surface area contributed by atoms with Crippen LogP contribution in [0.4, 0.5) is 5.69 Å². The Morgan fingerprint density at radius 2 is 1.97 bits per heavy atom. The minimum absolute atomic E-state index is 0.0517. The Hall–Kier alpha value is -1.68. The third kappa shape index (κ3) is 6.01. The van der Waals surface area contributed by atoms with Crippen molar-refractivity contribution in [2.75, 3.05) is 30.3 Å². The van der Waals surface area contributed by atoms with Gasteiger partial charge in [-0.2, -0.15) is 8.42 Å². The number of nitrogens with one attached hydrogen (secondary N) is 1. The van der Waals surface area contributed by atoms with Crippen LogP contribution in [0.1, 0.15) is 58.6 Å². The van der Waals surface area contributed by atoms with Gasteiger partial charge in [-0.1, -0.05) is 26.0 Å². The minimum Gasteiger partial charge on any atom is -0.368 e. The van der Waals surface area contributed by atoms with Crippen molar-refractivity contribution in [3.05, 3.63) is 29.3 Å². The molecule has 8 nitrogen and oxygen atoms in total. The Morgan fingerprint density at radius 1 is 1.25 bits per heavy atom. The minimum atomic E-state index is -3.92. The normalized spacial score (nSPS) is 23.9. The fraction of sp³-hybridized carbons (Fsp3) is 0.696. The van der Waals surface area contributed by atoms with Crippen molar-refractivity contribution < 1.29 is 27.2 Å². The number of carbonyl (C=O) groups is 1. The molecule has 1 aromatic carbocycles. The van der Waals surface area contributed by atoms with Crippen molar-refractivity contribution in [2.24, 2.45) is 0 Å². The van der Waals surface area contributed by atoms with Crippen LogP contribution in [-0.2, 0) is 36.2 Å². The number of carbonyl (C=O) groups excluding carboxylic acids is 1. The van der Waals surface area contributed by atoms with Gasteiger partial charge in [0, 0.05) is 30.2 Å². The SMILES string of the molecule is CC1N(CCCCS(=O)(=O)O)c2ccc(CC(=O)NCC3COC(C)(C)O3)cc2C1(C)C. The van der Waals surface area contributed by atoms with Gasteiger partial charge in [-0.3, -0.25) is 9.35 Å².